The monoisotopic (exact) mass is 522 g/mol. The van der Waals surface area contributed by atoms with Crippen LogP contribution >= 0.6 is 15.9 Å². The quantitative estimate of drug-likeness (QED) is 0.313. The minimum Gasteiger partial charge on any atom is -0.496 e. The van der Waals surface area contributed by atoms with Crippen molar-refractivity contribution in [2.75, 3.05) is 13.7 Å². The van der Waals surface area contributed by atoms with Crippen molar-refractivity contribution in [3.63, 3.8) is 0 Å². The van der Waals surface area contributed by atoms with Crippen molar-refractivity contribution in [2.45, 2.75) is 13.1 Å². The van der Waals surface area contributed by atoms with Crippen LogP contribution in [0.15, 0.2) is 77.4 Å². The Morgan fingerprint density at radius 2 is 1.71 bits per heavy atom. The van der Waals surface area contributed by atoms with E-state index in [1.165, 1.54) is 6.07 Å². The molecule has 0 aliphatic carbocycles. The number of ether oxygens (including phenoxy) is 2. The number of rotatable bonds is 9. The predicted octanol–water partition coefficient (Wildman–Crippen LogP) is 5.25. The third-order valence-corrected chi connectivity index (χ3v) is 6.10. The number of nitrogens with one attached hydrogen (secondary N) is 1. The summed E-state index contributed by atoms with van der Waals surface area (Å²) in [6.45, 7) is 0.319. The Hall–Kier alpha value is -3.78. The van der Waals surface area contributed by atoms with E-state index in [2.05, 4.69) is 20.9 Å². The molecule has 1 heterocycles. The Bertz CT molecular complexity index is 1330. The van der Waals surface area contributed by atoms with E-state index in [0.717, 1.165) is 22.0 Å². The van der Waals surface area contributed by atoms with Gasteiger partial charge in [-0.3, -0.25) is 4.79 Å². The molecule has 0 spiro atoms. The summed E-state index contributed by atoms with van der Waals surface area (Å²) in [4.78, 5) is 29.9. The first kappa shape index (κ1) is 23.4. The second kappa shape index (κ2) is 10.4. The van der Waals surface area contributed by atoms with Gasteiger partial charge in [-0.25, -0.2) is 4.79 Å². The van der Waals surface area contributed by atoms with Gasteiger partial charge in [0.2, 0.25) is 0 Å². The number of H-pyrrole nitrogens is 1. The van der Waals surface area contributed by atoms with Crippen LogP contribution in [0, 0.1) is 0 Å². The largest absolute Gasteiger partial charge is 0.496 e. The fourth-order valence-electron chi connectivity index (χ4n) is 3.79. The number of carboxylic acid groups (broad SMARTS) is 1. The first-order chi connectivity index (χ1) is 16.5. The van der Waals surface area contributed by atoms with Crippen LogP contribution in [-0.2, 0) is 17.9 Å². The van der Waals surface area contributed by atoms with Gasteiger partial charge in [0.1, 0.15) is 17.1 Å². The Labute approximate surface area is 205 Å². The topological polar surface area (TPSA) is 91.9 Å². The molecule has 7 nitrogen and oxygen atoms in total. The molecule has 4 aromatic rings. The molecule has 1 amide bonds. The molecule has 174 valence electrons. The molecule has 1 aromatic heterocycles. The summed E-state index contributed by atoms with van der Waals surface area (Å²) in [5.74, 6) is -0.622. The van der Waals surface area contributed by atoms with Crippen molar-refractivity contribution in [1.82, 2.24) is 9.88 Å². The van der Waals surface area contributed by atoms with Crippen molar-refractivity contribution >= 4 is 38.7 Å². The van der Waals surface area contributed by atoms with Crippen LogP contribution in [0.1, 0.15) is 21.5 Å². The number of hydrogen-bond donors (Lipinski definition) is 2. The summed E-state index contributed by atoms with van der Waals surface area (Å²) < 4.78 is 11.7. The van der Waals surface area contributed by atoms with Gasteiger partial charge in [-0.15, -0.1) is 0 Å². The van der Waals surface area contributed by atoms with Gasteiger partial charge in [0.25, 0.3) is 5.91 Å². The minimum atomic E-state index is -1.13. The zero-order valence-electron chi connectivity index (χ0n) is 18.5. The molecule has 0 unspecified atom stereocenters. The van der Waals surface area contributed by atoms with Crippen LogP contribution < -0.4 is 9.47 Å². The Kier molecular flexibility index (Phi) is 7.18. The molecule has 8 heteroatoms. The van der Waals surface area contributed by atoms with Crippen LogP contribution in [0.4, 0.5) is 0 Å². The van der Waals surface area contributed by atoms with Crippen molar-refractivity contribution in [1.29, 1.82) is 0 Å². The summed E-state index contributed by atoms with van der Waals surface area (Å²) in [6, 6.07) is 20.1. The molecule has 0 saturated heterocycles. The summed E-state index contributed by atoms with van der Waals surface area (Å²) >= 11 is 3.32. The number of fused-ring (bicyclic) bond motifs is 1. The number of carbonyl (C=O) groups is 2. The van der Waals surface area contributed by atoms with Gasteiger partial charge in [0.05, 0.1) is 11.6 Å². The number of aromatic carboxylic acids is 1. The lowest BCUT2D eigenvalue weighted by Crippen LogP contribution is -2.34. The highest BCUT2D eigenvalue weighted by Crippen LogP contribution is 2.30. The summed E-state index contributed by atoms with van der Waals surface area (Å²) in [7, 11) is 1.59. The van der Waals surface area contributed by atoms with Crippen LogP contribution in [0.3, 0.4) is 0 Å². The highest BCUT2D eigenvalue weighted by molar-refractivity contribution is 9.10. The van der Waals surface area contributed by atoms with Crippen LogP contribution in [0.2, 0.25) is 0 Å². The Morgan fingerprint density at radius 1 is 0.971 bits per heavy atom. The number of aromatic amines is 1. The lowest BCUT2D eigenvalue weighted by molar-refractivity contribution is -0.134. The van der Waals surface area contributed by atoms with Gasteiger partial charge < -0.3 is 24.5 Å². The molecule has 0 bridgehead atoms. The molecule has 0 aliphatic heterocycles. The first-order valence-corrected chi connectivity index (χ1v) is 11.4. The molecule has 4 rings (SSSR count). The lowest BCUT2D eigenvalue weighted by Gasteiger charge is -2.24. The van der Waals surface area contributed by atoms with Crippen molar-refractivity contribution < 1.29 is 24.2 Å². The second-order valence-electron chi connectivity index (χ2n) is 7.63. The number of amides is 1. The van der Waals surface area contributed by atoms with Gasteiger partial charge >= 0.3 is 5.97 Å². The fraction of sp³-hybridized carbons (Fsp3) is 0.154. The zero-order valence-corrected chi connectivity index (χ0v) is 20.0. The second-order valence-corrected chi connectivity index (χ2v) is 8.49. The van der Waals surface area contributed by atoms with Crippen LogP contribution in [0.25, 0.3) is 10.9 Å². The third-order valence-electron chi connectivity index (χ3n) is 5.48. The molecule has 0 radical (unpaired) electrons. The number of carbonyl (C=O) groups excluding carboxylic acids is 1. The van der Waals surface area contributed by atoms with Crippen molar-refractivity contribution in [3.05, 3.63) is 94.1 Å². The SMILES string of the molecule is COc1ccccc1CN(Cc1c[nH]c2ccccc12)C(=O)COc1c(Br)cccc1C(=O)O. The first-order valence-electron chi connectivity index (χ1n) is 10.6. The Balaban J connectivity index is 1.61. The molecule has 0 saturated carbocycles. The summed E-state index contributed by atoms with van der Waals surface area (Å²) in [5, 5.41) is 10.5. The third kappa shape index (κ3) is 5.07. The predicted molar refractivity (Wildman–Crippen MR) is 132 cm³/mol. The van der Waals surface area contributed by atoms with Gasteiger partial charge in [-0.05, 0) is 45.8 Å². The van der Waals surface area contributed by atoms with Crippen molar-refractivity contribution in [2.24, 2.45) is 0 Å². The molecule has 0 atom stereocenters. The highest BCUT2D eigenvalue weighted by atomic mass is 79.9. The normalized spacial score (nSPS) is 10.8. The molecular formula is C26H23BrN2O5. The molecule has 0 fully saturated rings. The number of halogens is 1. The average Bonchev–Trinajstić information content (AvgIpc) is 3.25. The molecule has 3 aromatic carbocycles. The number of aromatic nitrogens is 1. The maximum Gasteiger partial charge on any atom is 0.339 e. The van der Waals surface area contributed by atoms with E-state index in [1.807, 2.05) is 54.7 Å². The number of para-hydroxylation sites is 3. The summed E-state index contributed by atoms with van der Waals surface area (Å²) in [6.07, 6.45) is 1.89. The molecule has 34 heavy (non-hydrogen) atoms. The van der Waals surface area contributed by atoms with Crippen molar-refractivity contribution in [3.8, 4) is 11.5 Å². The van der Waals surface area contributed by atoms with E-state index in [-0.39, 0.29) is 23.8 Å². The maximum atomic E-state index is 13.4. The molecule has 0 aliphatic rings. The highest BCUT2D eigenvalue weighted by Gasteiger charge is 2.21. The van der Waals surface area contributed by atoms with Gasteiger partial charge in [-0.1, -0.05) is 42.5 Å². The summed E-state index contributed by atoms with van der Waals surface area (Å²) in [5.41, 5.74) is 2.78. The van der Waals surface area contributed by atoms with Crippen LogP contribution in [-0.4, -0.2) is 40.6 Å². The smallest absolute Gasteiger partial charge is 0.339 e. The van der Waals surface area contributed by atoms with E-state index < -0.39 is 5.97 Å². The van der Waals surface area contributed by atoms with Gasteiger partial charge in [0.15, 0.2) is 6.61 Å². The zero-order chi connectivity index (χ0) is 24.1. The maximum absolute atomic E-state index is 13.4. The number of methoxy groups -OCH3 is 1. The van der Waals surface area contributed by atoms with E-state index in [0.29, 0.717) is 23.3 Å². The number of hydrogen-bond acceptors (Lipinski definition) is 4. The Morgan fingerprint density at radius 3 is 2.50 bits per heavy atom. The van der Waals surface area contributed by atoms with E-state index in [4.69, 9.17) is 9.47 Å². The van der Waals surface area contributed by atoms with Gasteiger partial charge in [0, 0.05) is 35.8 Å². The average molecular weight is 523 g/mol. The van der Waals surface area contributed by atoms with Crippen LogP contribution in [0.5, 0.6) is 11.5 Å². The molecule has 2 N–H and O–H groups in total. The van der Waals surface area contributed by atoms with E-state index in [1.54, 1.807) is 24.1 Å². The standard InChI is InChI=1S/C26H23BrN2O5/c1-33-23-12-5-2-7-17(23)14-29(15-18-13-28-22-11-4-3-8-19(18)22)24(30)16-34-25-20(26(31)32)9-6-10-21(25)27/h2-13,28H,14-16H2,1H3,(H,31,32). The number of benzene rings is 3. The minimum absolute atomic E-state index is 0.0184. The van der Waals surface area contributed by atoms with E-state index >= 15 is 0 Å². The fourth-order valence-corrected chi connectivity index (χ4v) is 4.27. The van der Waals surface area contributed by atoms with Gasteiger partial charge in [-0.2, -0.15) is 0 Å². The van der Waals surface area contributed by atoms with E-state index in [9.17, 15) is 14.7 Å². The molecular weight excluding hydrogens is 500 g/mol. The number of nitrogens with zero attached hydrogens (tertiary/aromatic N) is 1. The lowest BCUT2D eigenvalue weighted by atomic mass is 10.1. The number of carboxylic acids is 1.